The molecule has 1 atom stereocenters. The van der Waals surface area contributed by atoms with Crippen molar-refractivity contribution in [3.05, 3.63) is 34.9 Å². The van der Waals surface area contributed by atoms with E-state index in [1.807, 2.05) is 12.1 Å². The fourth-order valence-electron chi connectivity index (χ4n) is 4.81. The SMILES string of the molecule is C[Si](C)(C)CCOCN1C(=O)CCC(N2Cc3cc(C4CC(CO)C4)ccc3C2=O)C1=O. The Morgan fingerprint density at radius 1 is 1.16 bits per heavy atom. The van der Waals surface area contributed by atoms with Gasteiger partial charge in [0.15, 0.2) is 0 Å². The van der Waals surface area contributed by atoms with E-state index in [9.17, 15) is 19.5 Å². The zero-order valence-electron chi connectivity index (χ0n) is 19.3. The van der Waals surface area contributed by atoms with Gasteiger partial charge >= 0.3 is 0 Å². The smallest absolute Gasteiger partial charge is 0.255 e. The second kappa shape index (κ2) is 9.07. The monoisotopic (exact) mass is 458 g/mol. The molecule has 2 heterocycles. The number of likely N-dealkylation sites (tertiary alicyclic amines) is 1. The van der Waals surface area contributed by atoms with E-state index in [2.05, 4.69) is 25.7 Å². The number of carbonyl (C=O) groups is 3. The molecule has 1 unspecified atom stereocenters. The van der Waals surface area contributed by atoms with Crippen molar-refractivity contribution >= 4 is 25.8 Å². The number of aliphatic hydroxyl groups excluding tert-OH is 1. The van der Waals surface area contributed by atoms with Crippen molar-refractivity contribution in [3.63, 3.8) is 0 Å². The average molecular weight is 459 g/mol. The van der Waals surface area contributed by atoms with E-state index >= 15 is 0 Å². The predicted molar refractivity (Wildman–Crippen MR) is 123 cm³/mol. The average Bonchev–Trinajstić information content (AvgIpc) is 3.01. The minimum absolute atomic E-state index is 0.0362. The number of aliphatic hydroxyl groups is 1. The number of rotatable bonds is 8. The van der Waals surface area contributed by atoms with Gasteiger partial charge in [-0.1, -0.05) is 31.8 Å². The van der Waals surface area contributed by atoms with Gasteiger partial charge in [0.25, 0.3) is 11.8 Å². The van der Waals surface area contributed by atoms with Crippen molar-refractivity contribution in [2.75, 3.05) is 19.9 Å². The van der Waals surface area contributed by atoms with E-state index in [1.54, 1.807) is 4.90 Å². The molecule has 3 amide bonds. The van der Waals surface area contributed by atoms with Crippen molar-refractivity contribution in [1.82, 2.24) is 9.80 Å². The van der Waals surface area contributed by atoms with Gasteiger partial charge in [0, 0.05) is 39.8 Å². The number of nitrogens with zero attached hydrogens (tertiary/aromatic N) is 2. The number of ether oxygens (including phenoxy) is 1. The second-order valence-corrected chi connectivity index (χ2v) is 16.3. The first-order valence-electron chi connectivity index (χ1n) is 11.6. The van der Waals surface area contributed by atoms with Crippen LogP contribution < -0.4 is 0 Å². The van der Waals surface area contributed by atoms with Gasteiger partial charge < -0.3 is 14.7 Å². The van der Waals surface area contributed by atoms with E-state index in [4.69, 9.17) is 4.74 Å². The molecule has 174 valence electrons. The maximum Gasteiger partial charge on any atom is 0.255 e. The zero-order valence-corrected chi connectivity index (χ0v) is 20.3. The summed E-state index contributed by atoms with van der Waals surface area (Å²) in [4.78, 5) is 41.4. The van der Waals surface area contributed by atoms with E-state index in [0.29, 0.717) is 37.0 Å². The van der Waals surface area contributed by atoms with Gasteiger partial charge in [-0.15, -0.1) is 0 Å². The maximum atomic E-state index is 13.1. The molecule has 0 radical (unpaired) electrons. The molecule has 2 aliphatic heterocycles. The Morgan fingerprint density at radius 3 is 2.59 bits per heavy atom. The number of carbonyl (C=O) groups excluding carboxylic acids is 3. The highest BCUT2D eigenvalue weighted by Crippen LogP contribution is 2.42. The van der Waals surface area contributed by atoms with Gasteiger partial charge in [-0.25, -0.2) is 0 Å². The molecule has 0 spiro atoms. The lowest BCUT2D eigenvalue weighted by atomic mass is 9.71. The molecule has 1 saturated carbocycles. The Balaban J connectivity index is 1.40. The van der Waals surface area contributed by atoms with Gasteiger partial charge in [0.2, 0.25) is 5.91 Å². The van der Waals surface area contributed by atoms with Crippen LogP contribution in [0.15, 0.2) is 18.2 Å². The van der Waals surface area contributed by atoms with Crippen LogP contribution in [-0.2, 0) is 20.9 Å². The molecule has 7 nitrogen and oxygen atoms in total. The summed E-state index contributed by atoms with van der Waals surface area (Å²) < 4.78 is 5.67. The van der Waals surface area contributed by atoms with Gasteiger partial charge in [-0.3, -0.25) is 19.3 Å². The lowest BCUT2D eigenvalue weighted by Crippen LogP contribution is -2.55. The van der Waals surface area contributed by atoms with Crippen molar-refractivity contribution in [3.8, 4) is 0 Å². The van der Waals surface area contributed by atoms with Crippen LogP contribution in [0.4, 0.5) is 0 Å². The highest BCUT2D eigenvalue weighted by molar-refractivity contribution is 6.76. The highest BCUT2D eigenvalue weighted by atomic mass is 28.3. The lowest BCUT2D eigenvalue weighted by Gasteiger charge is -2.35. The minimum atomic E-state index is -1.25. The first-order valence-corrected chi connectivity index (χ1v) is 15.4. The second-order valence-electron chi connectivity index (χ2n) is 10.6. The molecule has 0 aromatic heterocycles. The lowest BCUT2D eigenvalue weighted by molar-refractivity contribution is -0.158. The molecule has 1 aromatic carbocycles. The van der Waals surface area contributed by atoms with E-state index in [-0.39, 0.29) is 37.5 Å². The molecule has 8 heteroatoms. The summed E-state index contributed by atoms with van der Waals surface area (Å²) in [6.07, 6.45) is 2.55. The van der Waals surface area contributed by atoms with Crippen LogP contribution in [0.2, 0.25) is 25.7 Å². The van der Waals surface area contributed by atoms with Crippen molar-refractivity contribution in [1.29, 1.82) is 0 Å². The normalized spacial score (nSPS) is 25.9. The van der Waals surface area contributed by atoms with Crippen molar-refractivity contribution in [2.24, 2.45) is 5.92 Å². The Hall–Kier alpha value is -2.03. The van der Waals surface area contributed by atoms with E-state index < -0.39 is 14.1 Å². The number of piperidine rings is 1. The van der Waals surface area contributed by atoms with E-state index in [1.165, 1.54) is 10.5 Å². The summed E-state index contributed by atoms with van der Waals surface area (Å²) in [6.45, 7) is 7.88. The number of hydrogen-bond donors (Lipinski definition) is 1. The largest absolute Gasteiger partial charge is 0.396 e. The summed E-state index contributed by atoms with van der Waals surface area (Å²) in [5, 5.41) is 9.27. The molecular weight excluding hydrogens is 424 g/mol. The fourth-order valence-corrected chi connectivity index (χ4v) is 5.56. The van der Waals surface area contributed by atoms with Gasteiger partial charge in [0.05, 0.1) is 0 Å². The molecule has 0 bridgehead atoms. The van der Waals surface area contributed by atoms with Crippen LogP contribution >= 0.6 is 0 Å². The summed E-state index contributed by atoms with van der Waals surface area (Å²) >= 11 is 0. The predicted octanol–water partition coefficient (Wildman–Crippen LogP) is 2.96. The zero-order chi connectivity index (χ0) is 23.0. The molecule has 1 aromatic rings. The highest BCUT2D eigenvalue weighted by Gasteiger charge is 2.43. The quantitative estimate of drug-likeness (QED) is 0.368. The van der Waals surface area contributed by atoms with Crippen LogP contribution in [-0.4, -0.2) is 66.7 Å². The fraction of sp³-hybridized carbons (Fsp3) is 0.625. The van der Waals surface area contributed by atoms with Crippen LogP contribution in [0, 0.1) is 5.92 Å². The van der Waals surface area contributed by atoms with Crippen LogP contribution in [0.3, 0.4) is 0 Å². The summed E-state index contributed by atoms with van der Waals surface area (Å²) in [5.74, 6) is 0.109. The van der Waals surface area contributed by atoms with Gasteiger partial charge in [0.1, 0.15) is 12.8 Å². The third kappa shape index (κ3) is 4.67. The standard InChI is InChI=1S/C24H34N2O5Si/c1-32(2,3)9-8-31-15-26-22(28)7-6-21(24(26)30)25-13-19-12-17(4-5-20(19)23(25)29)18-10-16(11-18)14-27/h4-5,12,16,18,21,27H,6-11,13-15H2,1-3H3. The maximum absolute atomic E-state index is 13.1. The first kappa shape index (κ1) is 23.1. The number of hydrogen-bond acceptors (Lipinski definition) is 5. The Bertz CT molecular complexity index is 906. The summed E-state index contributed by atoms with van der Waals surface area (Å²) in [6, 6.07) is 6.30. The molecule has 1 N–H and O–H groups in total. The number of benzene rings is 1. The van der Waals surface area contributed by atoms with Crippen LogP contribution in [0.5, 0.6) is 0 Å². The molecule has 32 heavy (non-hydrogen) atoms. The van der Waals surface area contributed by atoms with Crippen LogP contribution in [0.1, 0.15) is 53.1 Å². The van der Waals surface area contributed by atoms with Gasteiger partial charge in [-0.2, -0.15) is 0 Å². The Kier molecular flexibility index (Phi) is 6.56. The number of fused-ring (bicyclic) bond motifs is 1. The minimum Gasteiger partial charge on any atom is -0.396 e. The molecular formula is C24H34N2O5Si. The van der Waals surface area contributed by atoms with E-state index in [0.717, 1.165) is 24.4 Å². The summed E-state index contributed by atoms with van der Waals surface area (Å²) in [5.41, 5.74) is 2.79. The third-order valence-electron chi connectivity index (χ3n) is 7.00. The Labute approximate surface area is 190 Å². The van der Waals surface area contributed by atoms with Crippen molar-refractivity contribution < 1.29 is 24.2 Å². The molecule has 4 rings (SSSR count). The number of amides is 3. The molecule has 1 aliphatic carbocycles. The molecule has 3 aliphatic rings. The van der Waals surface area contributed by atoms with Crippen molar-refractivity contribution in [2.45, 2.75) is 69.9 Å². The Morgan fingerprint density at radius 2 is 1.91 bits per heavy atom. The molecule has 1 saturated heterocycles. The third-order valence-corrected chi connectivity index (χ3v) is 8.71. The van der Waals surface area contributed by atoms with Gasteiger partial charge in [-0.05, 0) is 54.3 Å². The molecule has 2 fully saturated rings. The van der Waals surface area contributed by atoms with Crippen LogP contribution in [0.25, 0.3) is 0 Å². The number of imide groups is 1. The first-order chi connectivity index (χ1) is 15.2. The topological polar surface area (TPSA) is 87.2 Å². The summed E-state index contributed by atoms with van der Waals surface area (Å²) in [7, 11) is -1.25.